The molecule has 8 nitrogen and oxygen atoms in total. The van der Waals surface area contributed by atoms with E-state index in [9.17, 15) is 24.3 Å². The molecule has 0 saturated heterocycles. The van der Waals surface area contributed by atoms with Gasteiger partial charge in [0.15, 0.2) is 5.78 Å². The van der Waals surface area contributed by atoms with Gasteiger partial charge in [0.25, 0.3) is 0 Å². The molecule has 2 bridgehead atoms. The molecular weight excluding hydrogens is 440 g/mol. The van der Waals surface area contributed by atoms with E-state index in [1.165, 1.54) is 20.8 Å². The second kappa shape index (κ2) is 7.90. The molecule has 9 atom stereocenters. The molecule has 8 heteroatoms. The zero-order valence-corrected chi connectivity index (χ0v) is 20.9. The fourth-order valence-corrected chi connectivity index (χ4v) is 8.47. The second-order valence-electron chi connectivity index (χ2n) is 11.6. The zero-order valence-electron chi connectivity index (χ0n) is 20.9. The van der Waals surface area contributed by atoms with Gasteiger partial charge >= 0.3 is 17.9 Å². The average Bonchev–Trinajstić information content (AvgIpc) is 2.80. The highest BCUT2D eigenvalue weighted by Gasteiger charge is 2.76. The summed E-state index contributed by atoms with van der Waals surface area (Å²) in [4.78, 5) is 50.0. The van der Waals surface area contributed by atoms with E-state index in [1.54, 1.807) is 0 Å². The number of carbonyl (C=O) groups is 4. The Morgan fingerprint density at radius 3 is 2.09 bits per heavy atom. The van der Waals surface area contributed by atoms with Gasteiger partial charge in [0.05, 0.1) is 11.5 Å². The van der Waals surface area contributed by atoms with Crippen LogP contribution in [0.15, 0.2) is 12.2 Å². The minimum Gasteiger partial charge on any atom is -0.461 e. The monoisotopic (exact) mass is 476 g/mol. The summed E-state index contributed by atoms with van der Waals surface area (Å²) in [7, 11) is 0. The first-order valence-electron chi connectivity index (χ1n) is 12.1. The first kappa shape index (κ1) is 24.9. The number of fused-ring (bicyclic) bond motifs is 3. The molecule has 0 aromatic rings. The van der Waals surface area contributed by atoms with Gasteiger partial charge in [-0.15, -0.1) is 0 Å². The molecule has 0 radical (unpaired) electrons. The van der Waals surface area contributed by atoms with Crippen LogP contribution in [0.25, 0.3) is 0 Å². The lowest BCUT2D eigenvalue weighted by Crippen LogP contribution is -2.71. The van der Waals surface area contributed by atoms with Crippen molar-refractivity contribution in [2.24, 2.45) is 34.0 Å². The Bertz CT molecular complexity index is 952. The van der Waals surface area contributed by atoms with Gasteiger partial charge in [0.1, 0.15) is 18.3 Å². The largest absolute Gasteiger partial charge is 0.461 e. The van der Waals surface area contributed by atoms with Crippen LogP contribution in [0.4, 0.5) is 0 Å². The minimum atomic E-state index is -1.28. The molecule has 4 rings (SSSR count). The van der Waals surface area contributed by atoms with Crippen molar-refractivity contribution >= 4 is 23.7 Å². The van der Waals surface area contributed by atoms with Crippen LogP contribution in [0.2, 0.25) is 0 Å². The topological polar surface area (TPSA) is 116 Å². The molecule has 0 heterocycles. The highest BCUT2D eigenvalue weighted by molar-refractivity contribution is 6.04. The molecule has 34 heavy (non-hydrogen) atoms. The van der Waals surface area contributed by atoms with Gasteiger partial charge in [-0.05, 0) is 48.5 Å². The van der Waals surface area contributed by atoms with Crippen molar-refractivity contribution in [1.82, 2.24) is 0 Å². The minimum absolute atomic E-state index is 0.137. The van der Waals surface area contributed by atoms with Gasteiger partial charge in [-0.1, -0.05) is 27.4 Å². The summed E-state index contributed by atoms with van der Waals surface area (Å²) in [6.07, 6.45) is -1.25. The standard InChI is InChI=1S/C26H36O8/c1-12-16-8-9-18-25(7)11-17(32-13(2)27)23(34-15(4)29)24(5,6)19(25)10-20(33-14(3)28)26(18,21(12)30)22(16)31/h16-20,22-23,31H,1,8-11H2,2-7H3/t16-,17-,18-,19+,20+,22+,23-,25-,26-/m0/s1. The van der Waals surface area contributed by atoms with E-state index in [-0.39, 0.29) is 23.5 Å². The normalized spacial score (nSPS) is 44.5. The smallest absolute Gasteiger partial charge is 0.303 e. The Morgan fingerprint density at radius 2 is 1.53 bits per heavy atom. The van der Waals surface area contributed by atoms with E-state index in [4.69, 9.17) is 14.2 Å². The van der Waals surface area contributed by atoms with E-state index < -0.39 is 58.6 Å². The fourth-order valence-electron chi connectivity index (χ4n) is 8.47. The Morgan fingerprint density at radius 1 is 0.941 bits per heavy atom. The summed E-state index contributed by atoms with van der Waals surface area (Å²) in [5.41, 5.74) is -2.09. The third-order valence-corrected chi connectivity index (χ3v) is 9.45. The quantitative estimate of drug-likeness (QED) is 0.376. The molecule has 188 valence electrons. The highest BCUT2D eigenvalue weighted by atomic mass is 16.6. The van der Waals surface area contributed by atoms with Gasteiger partial charge in [0.2, 0.25) is 0 Å². The molecule has 4 aliphatic carbocycles. The molecule has 0 amide bonds. The number of aliphatic hydroxyl groups excluding tert-OH is 1. The maximum Gasteiger partial charge on any atom is 0.303 e. The van der Waals surface area contributed by atoms with Crippen molar-refractivity contribution in [2.45, 2.75) is 91.6 Å². The lowest BCUT2D eigenvalue weighted by Gasteiger charge is -2.67. The van der Waals surface area contributed by atoms with Crippen LogP contribution in [-0.4, -0.2) is 53.2 Å². The molecule has 0 aromatic heterocycles. The number of carbonyl (C=O) groups excluding carboxylic acids is 4. The van der Waals surface area contributed by atoms with Crippen molar-refractivity contribution < 1.29 is 38.5 Å². The van der Waals surface area contributed by atoms with E-state index in [2.05, 4.69) is 13.5 Å². The third kappa shape index (κ3) is 3.20. The summed E-state index contributed by atoms with van der Waals surface area (Å²) < 4.78 is 17.3. The number of ketones is 1. The average molecular weight is 477 g/mol. The molecule has 0 aromatic carbocycles. The van der Waals surface area contributed by atoms with Gasteiger partial charge in [-0.25, -0.2) is 0 Å². The molecule has 4 aliphatic rings. The fraction of sp³-hybridized carbons (Fsp3) is 0.769. The highest BCUT2D eigenvalue weighted by Crippen LogP contribution is 2.71. The first-order valence-corrected chi connectivity index (χ1v) is 12.1. The summed E-state index contributed by atoms with van der Waals surface area (Å²) in [5, 5.41) is 11.5. The van der Waals surface area contributed by atoms with Crippen LogP contribution in [0, 0.1) is 34.0 Å². The molecule has 0 unspecified atom stereocenters. The predicted molar refractivity (Wildman–Crippen MR) is 120 cm³/mol. The summed E-state index contributed by atoms with van der Waals surface area (Å²) >= 11 is 0. The number of Topliss-reactive ketones (excluding diaryl/α,β-unsaturated/α-hetero) is 1. The molecule has 1 N–H and O–H groups in total. The lowest BCUT2D eigenvalue weighted by atomic mass is 9.39. The van der Waals surface area contributed by atoms with E-state index in [0.717, 1.165) is 0 Å². The number of hydrogen-bond donors (Lipinski definition) is 1. The SMILES string of the molecule is C=C1C(=O)[C@]23[C@H](O)[C@H]1CC[C@H]2[C@]1(C)C[C@H](OC(C)=O)[C@H](OC(C)=O)C(C)(C)[C@H]1C[C@H]3OC(C)=O. The molecular formula is C26H36O8. The summed E-state index contributed by atoms with van der Waals surface area (Å²) in [6.45, 7) is 14.0. The van der Waals surface area contributed by atoms with E-state index >= 15 is 0 Å². The molecule has 0 aliphatic heterocycles. The predicted octanol–water partition coefficient (Wildman–Crippen LogP) is 2.75. The van der Waals surface area contributed by atoms with Crippen molar-refractivity contribution in [1.29, 1.82) is 0 Å². The van der Waals surface area contributed by atoms with Gasteiger partial charge < -0.3 is 19.3 Å². The van der Waals surface area contributed by atoms with Crippen molar-refractivity contribution in [3.8, 4) is 0 Å². The maximum absolute atomic E-state index is 13.8. The van der Waals surface area contributed by atoms with Gasteiger partial charge in [0, 0.05) is 32.1 Å². The third-order valence-electron chi connectivity index (χ3n) is 9.45. The Balaban J connectivity index is 1.89. The van der Waals surface area contributed by atoms with E-state index in [1.807, 2.05) is 13.8 Å². The van der Waals surface area contributed by atoms with Gasteiger partial charge in [-0.2, -0.15) is 0 Å². The van der Waals surface area contributed by atoms with Crippen LogP contribution in [-0.2, 0) is 33.4 Å². The van der Waals surface area contributed by atoms with Crippen LogP contribution in [0.3, 0.4) is 0 Å². The number of ether oxygens (including phenoxy) is 3. The lowest BCUT2D eigenvalue weighted by molar-refractivity contribution is -0.266. The Kier molecular flexibility index (Phi) is 5.78. The van der Waals surface area contributed by atoms with Crippen LogP contribution >= 0.6 is 0 Å². The molecule has 4 saturated carbocycles. The van der Waals surface area contributed by atoms with Gasteiger partial charge in [-0.3, -0.25) is 19.2 Å². The number of hydrogen-bond acceptors (Lipinski definition) is 8. The van der Waals surface area contributed by atoms with Crippen LogP contribution in [0.5, 0.6) is 0 Å². The van der Waals surface area contributed by atoms with Crippen molar-refractivity contribution in [2.75, 3.05) is 0 Å². The second-order valence-corrected chi connectivity index (χ2v) is 11.6. The summed E-state index contributed by atoms with van der Waals surface area (Å²) in [6, 6.07) is 0. The summed E-state index contributed by atoms with van der Waals surface area (Å²) in [5.74, 6) is -2.49. The zero-order chi connectivity index (χ0) is 25.4. The van der Waals surface area contributed by atoms with Crippen LogP contribution in [0.1, 0.15) is 67.2 Å². The first-order chi connectivity index (χ1) is 15.7. The Hall–Kier alpha value is -2.22. The van der Waals surface area contributed by atoms with E-state index in [0.29, 0.717) is 31.3 Å². The van der Waals surface area contributed by atoms with Crippen LogP contribution < -0.4 is 0 Å². The number of esters is 3. The number of rotatable bonds is 3. The van der Waals surface area contributed by atoms with Crippen molar-refractivity contribution in [3.63, 3.8) is 0 Å². The Labute approximate surface area is 200 Å². The maximum atomic E-state index is 13.8. The molecule has 4 fully saturated rings. The molecule has 1 spiro atoms. The van der Waals surface area contributed by atoms with Crippen molar-refractivity contribution in [3.05, 3.63) is 12.2 Å². The number of aliphatic hydroxyl groups is 1.